The first-order valence-electron chi connectivity index (χ1n) is 10.9. The Morgan fingerprint density at radius 3 is 2.42 bits per heavy atom. The fourth-order valence-corrected chi connectivity index (χ4v) is 3.61. The average molecular weight is 443 g/mol. The average Bonchev–Trinajstić information content (AvgIpc) is 3.07. The molecule has 0 spiro atoms. The second-order valence-electron chi connectivity index (χ2n) is 7.78. The molecule has 6 nitrogen and oxygen atoms in total. The van der Waals surface area contributed by atoms with Crippen LogP contribution in [0.15, 0.2) is 78.5 Å². The summed E-state index contributed by atoms with van der Waals surface area (Å²) in [4.78, 5) is 26.4. The van der Waals surface area contributed by atoms with Crippen molar-refractivity contribution in [3.8, 4) is 11.5 Å². The topological polar surface area (TPSA) is 67.9 Å². The highest BCUT2D eigenvalue weighted by Gasteiger charge is 2.33. The predicted octanol–water partition coefficient (Wildman–Crippen LogP) is 5.07. The van der Waals surface area contributed by atoms with E-state index in [2.05, 4.69) is 11.4 Å². The molecule has 6 heteroatoms. The molecule has 168 valence electrons. The molecule has 0 saturated carbocycles. The van der Waals surface area contributed by atoms with Crippen LogP contribution in [0.2, 0.25) is 0 Å². The summed E-state index contributed by atoms with van der Waals surface area (Å²) in [7, 11) is 0. The second kappa shape index (κ2) is 10.0. The van der Waals surface area contributed by atoms with Crippen molar-refractivity contribution in [2.45, 2.75) is 27.0 Å². The number of rotatable bonds is 8. The van der Waals surface area contributed by atoms with Crippen LogP contribution in [0.25, 0.3) is 6.08 Å². The Hall–Kier alpha value is -4.06. The van der Waals surface area contributed by atoms with E-state index in [1.807, 2.05) is 74.5 Å². The number of carbonyl (C=O) groups excluding carboxylic acids is 2. The molecule has 1 fully saturated rings. The van der Waals surface area contributed by atoms with Crippen LogP contribution >= 0.6 is 0 Å². The Kier molecular flexibility index (Phi) is 6.74. The number of ether oxygens (including phenoxy) is 2. The number of aryl methyl sites for hydroxylation is 1. The summed E-state index contributed by atoms with van der Waals surface area (Å²) in [5.41, 5.74) is 4.09. The highest BCUT2D eigenvalue weighted by Crippen LogP contribution is 2.30. The number of amides is 3. The van der Waals surface area contributed by atoms with E-state index in [-0.39, 0.29) is 18.1 Å². The molecule has 1 saturated heterocycles. The van der Waals surface area contributed by atoms with Gasteiger partial charge < -0.3 is 14.8 Å². The fourth-order valence-electron chi connectivity index (χ4n) is 3.61. The first-order chi connectivity index (χ1) is 16.0. The molecule has 0 aromatic heterocycles. The minimum Gasteiger partial charge on any atom is -0.490 e. The Labute approximate surface area is 193 Å². The summed E-state index contributed by atoms with van der Waals surface area (Å²) < 4.78 is 11.8. The molecule has 4 rings (SSSR count). The molecule has 33 heavy (non-hydrogen) atoms. The third kappa shape index (κ3) is 5.41. The molecule has 0 radical (unpaired) electrons. The zero-order valence-corrected chi connectivity index (χ0v) is 18.7. The van der Waals surface area contributed by atoms with E-state index in [1.165, 1.54) is 10.5 Å². The number of hydrogen-bond acceptors (Lipinski definition) is 4. The van der Waals surface area contributed by atoms with Gasteiger partial charge in [0.15, 0.2) is 11.5 Å². The molecule has 1 aliphatic rings. The maximum atomic E-state index is 12.8. The molecule has 3 aromatic rings. The second-order valence-corrected chi connectivity index (χ2v) is 7.78. The lowest BCUT2D eigenvalue weighted by Gasteiger charge is -2.13. The van der Waals surface area contributed by atoms with Gasteiger partial charge in [-0.3, -0.25) is 9.69 Å². The number of hydrogen-bond donors (Lipinski definition) is 1. The SMILES string of the molecule is CCOc1cc(/C=C2\NC(=O)N(Cc3ccccc3)C2=O)ccc1OCc1cccc(C)c1. The number of imide groups is 1. The molecule has 0 unspecified atom stereocenters. The first kappa shape index (κ1) is 22.1. The Bertz CT molecular complexity index is 1190. The first-order valence-corrected chi connectivity index (χ1v) is 10.9. The van der Waals surface area contributed by atoms with Gasteiger partial charge in [-0.05, 0) is 48.7 Å². The van der Waals surface area contributed by atoms with Gasteiger partial charge in [0.1, 0.15) is 12.3 Å². The zero-order valence-electron chi connectivity index (χ0n) is 18.7. The van der Waals surface area contributed by atoms with E-state index in [0.29, 0.717) is 24.7 Å². The van der Waals surface area contributed by atoms with Gasteiger partial charge in [-0.1, -0.05) is 66.2 Å². The van der Waals surface area contributed by atoms with Gasteiger partial charge in [0.2, 0.25) is 0 Å². The van der Waals surface area contributed by atoms with Crippen LogP contribution in [-0.2, 0) is 17.9 Å². The maximum absolute atomic E-state index is 12.8. The number of nitrogens with one attached hydrogen (secondary N) is 1. The molecule has 0 atom stereocenters. The minimum absolute atomic E-state index is 0.221. The molecule has 3 amide bonds. The van der Waals surface area contributed by atoms with Gasteiger partial charge in [0, 0.05) is 0 Å². The Balaban J connectivity index is 1.50. The highest BCUT2D eigenvalue weighted by atomic mass is 16.5. The van der Waals surface area contributed by atoms with E-state index in [4.69, 9.17) is 9.47 Å². The lowest BCUT2D eigenvalue weighted by atomic mass is 10.1. The quantitative estimate of drug-likeness (QED) is 0.391. The van der Waals surface area contributed by atoms with Crippen LogP contribution in [0.3, 0.4) is 0 Å². The van der Waals surface area contributed by atoms with Gasteiger partial charge >= 0.3 is 6.03 Å². The Morgan fingerprint density at radius 1 is 0.879 bits per heavy atom. The summed E-state index contributed by atoms with van der Waals surface area (Å²) in [6.45, 7) is 5.06. The molecule has 3 aromatic carbocycles. The van der Waals surface area contributed by atoms with Gasteiger partial charge in [-0.25, -0.2) is 4.79 Å². The molecule has 1 N–H and O–H groups in total. The largest absolute Gasteiger partial charge is 0.490 e. The van der Waals surface area contributed by atoms with Gasteiger partial charge in [-0.2, -0.15) is 0 Å². The van der Waals surface area contributed by atoms with Crippen molar-refractivity contribution in [2.24, 2.45) is 0 Å². The van der Waals surface area contributed by atoms with Gasteiger partial charge in [-0.15, -0.1) is 0 Å². The summed E-state index contributed by atoms with van der Waals surface area (Å²) in [6, 6.07) is 22.6. The fraction of sp³-hybridized carbons (Fsp3) is 0.185. The number of nitrogens with zero attached hydrogens (tertiary/aromatic N) is 1. The van der Waals surface area contributed by atoms with Crippen LogP contribution in [-0.4, -0.2) is 23.4 Å². The molecule has 1 aliphatic heterocycles. The zero-order chi connectivity index (χ0) is 23.2. The maximum Gasteiger partial charge on any atom is 0.329 e. The highest BCUT2D eigenvalue weighted by molar-refractivity contribution is 6.13. The van der Waals surface area contributed by atoms with Gasteiger partial charge in [0.05, 0.1) is 13.2 Å². The molecule has 0 aliphatic carbocycles. The Morgan fingerprint density at radius 2 is 1.67 bits per heavy atom. The molecule has 0 bridgehead atoms. The summed E-state index contributed by atoms with van der Waals surface area (Å²) in [5.74, 6) is 0.840. The third-order valence-corrected chi connectivity index (χ3v) is 5.20. The van der Waals surface area contributed by atoms with Crippen LogP contribution in [0.5, 0.6) is 11.5 Å². The van der Waals surface area contributed by atoms with Crippen molar-refractivity contribution in [3.63, 3.8) is 0 Å². The molecular formula is C27H26N2O4. The summed E-state index contributed by atoms with van der Waals surface area (Å²) >= 11 is 0. The van der Waals surface area contributed by atoms with Crippen LogP contribution < -0.4 is 14.8 Å². The van der Waals surface area contributed by atoms with E-state index >= 15 is 0 Å². The van der Waals surface area contributed by atoms with Crippen LogP contribution in [0.4, 0.5) is 4.79 Å². The van der Waals surface area contributed by atoms with Crippen molar-refractivity contribution in [2.75, 3.05) is 6.61 Å². The molecular weight excluding hydrogens is 416 g/mol. The number of carbonyl (C=O) groups is 2. The van der Waals surface area contributed by atoms with Crippen molar-refractivity contribution in [3.05, 3.63) is 101 Å². The minimum atomic E-state index is -0.432. The van der Waals surface area contributed by atoms with Gasteiger partial charge in [0.25, 0.3) is 5.91 Å². The lowest BCUT2D eigenvalue weighted by molar-refractivity contribution is -0.123. The van der Waals surface area contributed by atoms with E-state index < -0.39 is 6.03 Å². The van der Waals surface area contributed by atoms with E-state index in [0.717, 1.165) is 16.7 Å². The summed E-state index contributed by atoms with van der Waals surface area (Å²) in [6.07, 6.45) is 1.65. The van der Waals surface area contributed by atoms with Crippen LogP contribution in [0, 0.1) is 6.92 Å². The van der Waals surface area contributed by atoms with E-state index in [1.54, 1.807) is 12.1 Å². The smallest absolute Gasteiger partial charge is 0.329 e. The molecule has 1 heterocycles. The van der Waals surface area contributed by atoms with Crippen molar-refractivity contribution in [1.82, 2.24) is 10.2 Å². The monoisotopic (exact) mass is 442 g/mol. The number of urea groups is 1. The standard InChI is InChI=1S/C27H26N2O4/c1-3-32-25-16-21(12-13-24(25)33-18-22-11-7-8-19(2)14-22)15-23-26(30)29(27(31)28-23)17-20-9-5-4-6-10-20/h4-16H,3,17-18H2,1-2H3,(H,28,31)/b23-15-. The van der Waals surface area contributed by atoms with Crippen molar-refractivity contribution in [1.29, 1.82) is 0 Å². The normalized spacial score (nSPS) is 14.5. The summed E-state index contributed by atoms with van der Waals surface area (Å²) in [5, 5.41) is 2.67. The van der Waals surface area contributed by atoms with E-state index in [9.17, 15) is 9.59 Å². The van der Waals surface area contributed by atoms with Crippen molar-refractivity contribution >= 4 is 18.0 Å². The van der Waals surface area contributed by atoms with Crippen molar-refractivity contribution < 1.29 is 19.1 Å². The third-order valence-electron chi connectivity index (χ3n) is 5.20. The lowest BCUT2D eigenvalue weighted by Crippen LogP contribution is -2.30. The number of benzene rings is 3. The van der Waals surface area contributed by atoms with Crippen LogP contribution in [0.1, 0.15) is 29.2 Å². The predicted molar refractivity (Wildman–Crippen MR) is 127 cm³/mol.